The summed E-state index contributed by atoms with van der Waals surface area (Å²) in [6.07, 6.45) is 7.77. The summed E-state index contributed by atoms with van der Waals surface area (Å²) in [5, 5.41) is 11.2. The number of halogens is 1. The number of ether oxygens (including phenoxy) is 1. The van der Waals surface area contributed by atoms with Crippen LogP contribution in [0.1, 0.15) is 55.8 Å². The van der Waals surface area contributed by atoms with E-state index in [2.05, 4.69) is 0 Å². The predicted molar refractivity (Wildman–Crippen MR) is 76.8 cm³/mol. The lowest BCUT2D eigenvalue weighted by atomic mass is 9.84. The van der Waals surface area contributed by atoms with Crippen molar-refractivity contribution in [3.8, 4) is 5.75 Å². The van der Waals surface area contributed by atoms with E-state index < -0.39 is 6.10 Å². The molecule has 19 heavy (non-hydrogen) atoms. The fraction of sp³-hybridized carbons (Fsp3) is 0.625. The number of aliphatic hydroxyl groups is 1. The molecule has 2 nitrogen and oxygen atoms in total. The van der Waals surface area contributed by atoms with Gasteiger partial charge in [-0.25, -0.2) is 0 Å². The maximum Gasteiger partial charge on any atom is 0.128 e. The minimum atomic E-state index is -0.436. The molecule has 1 aromatic rings. The Balaban J connectivity index is 1.77. The average Bonchev–Trinajstić information content (AvgIpc) is 2.86. The maximum atomic E-state index is 10.5. The van der Waals surface area contributed by atoms with Crippen LogP contribution in [0.4, 0.5) is 0 Å². The number of aliphatic hydroxyl groups excluding tert-OH is 1. The van der Waals surface area contributed by atoms with Gasteiger partial charge < -0.3 is 9.84 Å². The third-order valence-electron chi connectivity index (χ3n) is 4.42. The van der Waals surface area contributed by atoms with Gasteiger partial charge in [-0.2, -0.15) is 0 Å². The Morgan fingerprint density at radius 3 is 2.84 bits per heavy atom. The fourth-order valence-electron chi connectivity index (χ4n) is 3.41. The second-order valence-electron chi connectivity index (χ2n) is 5.84. The maximum absolute atomic E-state index is 10.5. The van der Waals surface area contributed by atoms with Gasteiger partial charge >= 0.3 is 0 Å². The molecule has 0 saturated heterocycles. The lowest BCUT2D eigenvalue weighted by molar-refractivity contribution is 0.128. The summed E-state index contributed by atoms with van der Waals surface area (Å²) in [5.74, 6) is 1.53. The highest BCUT2D eigenvalue weighted by Crippen LogP contribution is 2.40. The lowest BCUT2D eigenvalue weighted by Gasteiger charge is -2.25. The Kier molecular flexibility index (Phi) is 3.99. The first-order valence-corrected chi connectivity index (χ1v) is 7.75. The van der Waals surface area contributed by atoms with Gasteiger partial charge in [0.25, 0.3) is 0 Å². The molecule has 3 heteroatoms. The van der Waals surface area contributed by atoms with E-state index in [0.717, 1.165) is 29.7 Å². The molecule has 3 rings (SSSR count). The molecule has 1 N–H and O–H groups in total. The largest absolute Gasteiger partial charge is 0.493 e. The molecule has 0 radical (unpaired) electrons. The zero-order chi connectivity index (χ0) is 13.2. The summed E-state index contributed by atoms with van der Waals surface area (Å²) in [7, 11) is 0. The van der Waals surface area contributed by atoms with E-state index >= 15 is 0 Å². The highest BCUT2D eigenvalue weighted by atomic mass is 35.5. The lowest BCUT2D eigenvalue weighted by Crippen LogP contribution is -2.11. The van der Waals surface area contributed by atoms with Crippen molar-refractivity contribution in [2.24, 2.45) is 5.92 Å². The third kappa shape index (κ3) is 2.90. The highest BCUT2D eigenvalue weighted by Gasteiger charge is 2.25. The zero-order valence-electron chi connectivity index (χ0n) is 11.2. The molecular formula is C16H21ClO2. The molecule has 1 unspecified atom stereocenters. The first-order chi connectivity index (χ1) is 9.24. The Morgan fingerprint density at radius 1 is 1.26 bits per heavy atom. The van der Waals surface area contributed by atoms with Crippen LogP contribution in [0.25, 0.3) is 0 Å². The Morgan fingerprint density at radius 2 is 2.05 bits per heavy atom. The van der Waals surface area contributed by atoms with Gasteiger partial charge in [-0.15, -0.1) is 0 Å². The molecule has 1 atom stereocenters. The fourth-order valence-corrected chi connectivity index (χ4v) is 3.66. The van der Waals surface area contributed by atoms with Crippen molar-refractivity contribution in [1.29, 1.82) is 0 Å². The van der Waals surface area contributed by atoms with Gasteiger partial charge in [0, 0.05) is 17.0 Å². The van der Waals surface area contributed by atoms with Crippen molar-refractivity contribution in [2.75, 3.05) is 6.61 Å². The molecule has 1 fully saturated rings. The van der Waals surface area contributed by atoms with Crippen molar-refractivity contribution in [1.82, 2.24) is 0 Å². The summed E-state index contributed by atoms with van der Waals surface area (Å²) in [5.41, 5.74) is 2.04. The van der Waals surface area contributed by atoms with Gasteiger partial charge in [0.05, 0.1) is 12.7 Å². The molecule has 0 spiro atoms. The van der Waals surface area contributed by atoms with E-state index in [-0.39, 0.29) is 0 Å². The molecule has 104 valence electrons. The SMILES string of the molecule is OC(CC1CCCCC1)c1cc(Cl)cc2c1OCC2. The van der Waals surface area contributed by atoms with Crippen LogP contribution in [0, 0.1) is 5.92 Å². The quantitative estimate of drug-likeness (QED) is 0.895. The Bertz CT molecular complexity index is 452. The van der Waals surface area contributed by atoms with Crippen LogP contribution in [-0.2, 0) is 6.42 Å². The van der Waals surface area contributed by atoms with Crippen molar-refractivity contribution < 1.29 is 9.84 Å². The summed E-state index contributed by atoms with van der Waals surface area (Å²) in [6, 6.07) is 3.83. The zero-order valence-corrected chi connectivity index (χ0v) is 12.0. The number of rotatable bonds is 3. The van der Waals surface area contributed by atoms with Gasteiger partial charge in [0.15, 0.2) is 0 Å². The number of hydrogen-bond acceptors (Lipinski definition) is 2. The van der Waals surface area contributed by atoms with E-state index in [0.29, 0.717) is 17.5 Å². The average molecular weight is 281 g/mol. The van der Waals surface area contributed by atoms with Crippen LogP contribution in [0.15, 0.2) is 12.1 Å². The third-order valence-corrected chi connectivity index (χ3v) is 4.64. The standard InChI is InChI=1S/C16H21ClO2/c17-13-9-12-6-7-19-16(12)14(10-13)15(18)8-11-4-2-1-3-5-11/h9-11,15,18H,1-8H2. The van der Waals surface area contributed by atoms with Crippen molar-refractivity contribution >= 4 is 11.6 Å². The highest BCUT2D eigenvalue weighted by molar-refractivity contribution is 6.30. The number of benzene rings is 1. The monoisotopic (exact) mass is 280 g/mol. The van der Waals surface area contributed by atoms with Gasteiger partial charge in [-0.3, -0.25) is 0 Å². The van der Waals surface area contributed by atoms with E-state index in [1.807, 2.05) is 12.1 Å². The second kappa shape index (κ2) is 5.72. The molecule has 1 saturated carbocycles. The minimum absolute atomic E-state index is 0.436. The molecule has 1 heterocycles. The summed E-state index contributed by atoms with van der Waals surface area (Å²) < 4.78 is 5.68. The van der Waals surface area contributed by atoms with Gasteiger partial charge in [-0.05, 0) is 30.0 Å². The van der Waals surface area contributed by atoms with Crippen molar-refractivity contribution in [3.05, 3.63) is 28.3 Å². The van der Waals surface area contributed by atoms with Crippen molar-refractivity contribution in [3.63, 3.8) is 0 Å². The number of hydrogen-bond donors (Lipinski definition) is 1. The summed E-state index contributed by atoms with van der Waals surface area (Å²) in [6.45, 7) is 0.707. The minimum Gasteiger partial charge on any atom is -0.493 e. The molecule has 0 bridgehead atoms. The van der Waals surface area contributed by atoms with E-state index in [1.165, 1.54) is 32.1 Å². The van der Waals surface area contributed by atoms with E-state index in [1.54, 1.807) is 0 Å². The van der Waals surface area contributed by atoms with Gasteiger partial charge in [-0.1, -0.05) is 43.7 Å². The van der Waals surface area contributed by atoms with Crippen LogP contribution in [0.3, 0.4) is 0 Å². The molecule has 2 aliphatic rings. The number of fused-ring (bicyclic) bond motifs is 1. The Labute approximate surface area is 119 Å². The first kappa shape index (κ1) is 13.3. The molecule has 0 amide bonds. The van der Waals surface area contributed by atoms with E-state index in [9.17, 15) is 5.11 Å². The normalized spacial score (nSPS) is 20.9. The van der Waals surface area contributed by atoms with Crippen LogP contribution in [0.5, 0.6) is 5.75 Å². The molecule has 1 aliphatic carbocycles. The molecule has 1 aliphatic heterocycles. The predicted octanol–water partition coefficient (Wildman–Crippen LogP) is 4.28. The Hall–Kier alpha value is -0.730. The van der Waals surface area contributed by atoms with E-state index in [4.69, 9.17) is 16.3 Å². The topological polar surface area (TPSA) is 29.5 Å². The van der Waals surface area contributed by atoms with Crippen LogP contribution in [-0.4, -0.2) is 11.7 Å². The summed E-state index contributed by atoms with van der Waals surface area (Å²) in [4.78, 5) is 0. The summed E-state index contributed by atoms with van der Waals surface area (Å²) >= 11 is 6.15. The van der Waals surface area contributed by atoms with Gasteiger partial charge in [0.2, 0.25) is 0 Å². The smallest absolute Gasteiger partial charge is 0.128 e. The van der Waals surface area contributed by atoms with Crippen LogP contribution < -0.4 is 4.74 Å². The molecular weight excluding hydrogens is 260 g/mol. The van der Waals surface area contributed by atoms with Gasteiger partial charge in [0.1, 0.15) is 5.75 Å². The van der Waals surface area contributed by atoms with Crippen LogP contribution >= 0.6 is 11.6 Å². The van der Waals surface area contributed by atoms with Crippen molar-refractivity contribution in [2.45, 2.75) is 51.0 Å². The molecule has 0 aromatic heterocycles. The first-order valence-electron chi connectivity index (χ1n) is 7.37. The molecule has 1 aromatic carbocycles. The van der Waals surface area contributed by atoms with Crippen LogP contribution in [0.2, 0.25) is 5.02 Å². The second-order valence-corrected chi connectivity index (χ2v) is 6.27.